The Hall–Kier alpha value is -3.23. The van der Waals surface area contributed by atoms with Crippen LogP contribution in [0.3, 0.4) is 0 Å². The third-order valence-electron chi connectivity index (χ3n) is 8.21. The molecule has 0 aromatic heterocycles. The number of piperazine rings is 1. The highest BCUT2D eigenvalue weighted by Crippen LogP contribution is 2.52. The number of anilines is 2. The van der Waals surface area contributed by atoms with Crippen LogP contribution in [0.2, 0.25) is 0 Å². The highest BCUT2D eigenvalue weighted by molar-refractivity contribution is 7.80. The van der Waals surface area contributed by atoms with Crippen LogP contribution >= 0.6 is 12.2 Å². The number of amides is 2. The lowest BCUT2D eigenvalue weighted by Crippen LogP contribution is -2.58. The molecule has 2 bridgehead atoms. The predicted molar refractivity (Wildman–Crippen MR) is 148 cm³/mol. The van der Waals surface area contributed by atoms with Crippen molar-refractivity contribution in [1.29, 1.82) is 0 Å². The standard InChI is InChI=1S/C29H32N4O3S/c1-18-7-9-21(10-8-18)33-26(34)24-23-11-12-29(36-23,25(24)27(33)35)17-30-28(37)31-13-14-32(20(3)16-31)22-6-4-5-19(2)15-22/h4-12,15,20,23-25H,13-14,16-17H2,1-3H3,(H,30,37)/t20-,23+,24+,25-,29-/m0/s1. The topological polar surface area (TPSA) is 65.1 Å². The van der Waals surface area contributed by atoms with Crippen LogP contribution in [-0.4, -0.2) is 65.8 Å². The Labute approximate surface area is 223 Å². The van der Waals surface area contributed by atoms with E-state index in [-0.39, 0.29) is 17.9 Å². The molecule has 0 aliphatic carbocycles. The van der Waals surface area contributed by atoms with Gasteiger partial charge in [0.25, 0.3) is 0 Å². The molecule has 0 saturated carbocycles. The molecule has 0 unspecified atom stereocenters. The summed E-state index contributed by atoms with van der Waals surface area (Å²) in [7, 11) is 0. The number of hydrogen-bond acceptors (Lipinski definition) is 5. The van der Waals surface area contributed by atoms with E-state index in [1.165, 1.54) is 16.2 Å². The predicted octanol–water partition coefficient (Wildman–Crippen LogP) is 3.20. The van der Waals surface area contributed by atoms with Crippen LogP contribution in [0, 0.1) is 25.7 Å². The number of benzene rings is 2. The van der Waals surface area contributed by atoms with E-state index < -0.39 is 17.4 Å². The fraction of sp³-hybridized carbons (Fsp3) is 0.414. The van der Waals surface area contributed by atoms with Crippen molar-refractivity contribution in [3.63, 3.8) is 0 Å². The first-order chi connectivity index (χ1) is 17.8. The molecule has 4 aliphatic rings. The molecule has 1 N–H and O–H groups in total. The summed E-state index contributed by atoms with van der Waals surface area (Å²) in [5, 5.41) is 4.04. The van der Waals surface area contributed by atoms with Gasteiger partial charge in [0.2, 0.25) is 11.8 Å². The lowest BCUT2D eigenvalue weighted by molar-refractivity contribution is -0.126. The molecular formula is C29H32N4O3S. The Bertz CT molecular complexity index is 1290. The molecular weight excluding hydrogens is 484 g/mol. The van der Waals surface area contributed by atoms with Gasteiger partial charge in [-0.1, -0.05) is 42.0 Å². The van der Waals surface area contributed by atoms with Gasteiger partial charge in [0.1, 0.15) is 5.60 Å². The number of carbonyl (C=O) groups is 2. The molecule has 2 aromatic carbocycles. The molecule has 0 spiro atoms. The normalized spacial score (nSPS) is 30.3. The molecule has 3 fully saturated rings. The molecule has 7 nitrogen and oxygen atoms in total. The lowest BCUT2D eigenvalue weighted by Gasteiger charge is -2.42. The number of hydrogen-bond donors (Lipinski definition) is 1. The van der Waals surface area contributed by atoms with Crippen molar-refractivity contribution in [3.8, 4) is 0 Å². The minimum absolute atomic E-state index is 0.182. The monoisotopic (exact) mass is 516 g/mol. The molecule has 4 heterocycles. The van der Waals surface area contributed by atoms with Crippen molar-refractivity contribution in [2.75, 3.05) is 36.0 Å². The fourth-order valence-electron chi connectivity index (χ4n) is 6.31. The molecule has 37 heavy (non-hydrogen) atoms. The number of aryl methyl sites for hydroxylation is 2. The highest BCUT2D eigenvalue weighted by Gasteiger charge is 2.67. The third-order valence-corrected chi connectivity index (χ3v) is 8.61. The van der Waals surface area contributed by atoms with Gasteiger partial charge >= 0.3 is 0 Å². The van der Waals surface area contributed by atoms with Gasteiger partial charge < -0.3 is 19.9 Å². The second-order valence-electron chi connectivity index (χ2n) is 10.7. The number of carbonyl (C=O) groups excluding carboxylic acids is 2. The summed E-state index contributed by atoms with van der Waals surface area (Å²) in [4.78, 5) is 32.9. The maximum Gasteiger partial charge on any atom is 0.241 e. The first kappa shape index (κ1) is 24.1. The molecule has 2 amide bonds. The summed E-state index contributed by atoms with van der Waals surface area (Å²) in [5.74, 6) is -1.42. The zero-order chi connectivity index (χ0) is 25.9. The van der Waals surface area contributed by atoms with Crippen LogP contribution < -0.4 is 15.1 Å². The van der Waals surface area contributed by atoms with E-state index in [9.17, 15) is 9.59 Å². The number of rotatable bonds is 4. The van der Waals surface area contributed by atoms with E-state index >= 15 is 0 Å². The van der Waals surface area contributed by atoms with Crippen LogP contribution in [0.1, 0.15) is 18.1 Å². The largest absolute Gasteiger partial charge is 0.365 e. The minimum Gasteiger partial charge on any atom is -0.365 e. The third kappa shape index (κ3) is 3.94. The summed E-state index contributed by atoms with van der Waals surface area (Å²) in [5.41, 5.74) is 3.31. The van der Waals surface area contributed by atoms with Gasteiger partial charge in [0, 0.05) is 31.4 Å². The van der Waals surface area contributed by atoms with Crippen molar-refractivity contribution >= 4 is 40.5 Å². The Morgan fingerprint density at radius 2 is 1.84 bits per heavy atom. The van der Waals surface area contributed by atoms with E-state index in [1.54, 1.807) is 0 Å². The zero-order valence-corrected chi connectivity index (χ0v) is 22.2. The average Bonchev–Trinajstić information content (AvgIpc) is 3.53. The van der Waals surface area contributed by atoms with Crippen molar-refractivity contribution in [2.24, 2.45) is 11.8 Å². The maximum absolute atomic E-state index is 13.6. The Kier molecular flexibility index (Phi) is 5.84. The Balaban J connectivity index is 1.13. The number of thiocarbonyl (C=S) groups is 1. The van der Waals surface area contributed by atoms with Crippen molar-refractivity contribution in [2.45, 2.75) is 38.5 Å². The number of nitrogens with one attached hydrogen (secondary N) is 1. The second-order valence-corrected chi connectivity index (χ2v) is 11.1. The summed E-state index contributed by atoms with van der Waals surface area (Å²) >= 11 is 5.79. The first-order valence-corrected chi connectivity index (χ1v) is 13.4. The number of nitrogens with zero attached hydrogens (tertiary/aromatic N) is 3. The second kappa shape index (κ2) is 8.96. The maximum atomic E-state index is 13.6. The van der Waals surface area contributed by atoms with E-state index in [0.29, 0.717) is 23.4 Å². The van der Waals surface area contributed by atoms with E-state index in [0.717, 1.165) is 25.2 Å². The smallest absolute Gasteiger partial charge is 0.241 e. The fourth-order valence-corrected chi connectivity index (χ4v) is 6.55. The SMILES string of the molecule is Cc1ccc(N2C(=O)[C@H]3[C@@H](C2=O)[C@@]2(CNC(=S)N4CCN(c5cccc(C)c5)[C@@H](C)C4)C=C[C@H]3O2)cc1. The van der Waals surface area contributed by atoms with Crippen LogP contribution in [0.4, 0.5) is 11.4 Å². The van der Waals surface area contributed by atoms with Gasteiger partial charge in [-0.25, -0.2) is 4.90 Å². The summed E-state index contributed by atoms with van der Waals surface area (Å²) in [6, 6.07) is 16.4. The molecule has 192 valence electrons. The molecule has 4 aliphatic heterocycles. The molecule has 3 saturated heterocycles. The first-order valence-electron chi connectivity index (χ1n) is 13.0. The van der Waals surface area contributed by atoms with Gasteiger partial charge in [-0.15, -0.1) is 0 Å². The molecule has 6 rings (SSSR count). The van der Waals surface area contributed by atoms with Crippen LogP contribution in [-0.2, 0) is 14.3 Å². The summed E-state index contributed by atoms with van der Waals surface area (Å²) in [6.45, 7) is 9.15. The molecule has 5 atom stereocenters. The van der Waals surface area contributed by atoms with Gasteiger partial charge in [-0.05, 0) is 62.8 Å². The van der Waals surface area contributed by atoms with E-state index in [1.807, 2.05) is 43.3 Å². The lowest BCUT2D eigenvalue weighted by atomic mass is 9.77. The van der Waals surface area contributed by atoms with Crippen LogP contribution in [0.15, 0.2) is 60.7 Å². The van der Waals surface area contributed by atoms with E-state index in [4.69, 9.17) is 17.0 Å². The minimum atomic E-state index is -0.874. The van der Waals surface area contributed by atoms with Crippen molar-refractivity contribution in [3.05, 3.63) is 71.8 Å². The average molecular weight is 517 g/mol. The Morgan fingerprint density at radius 1 is 1.05 bits per heavy atom. The van der Waals surface area contributed by atoms with Gasteiger partial charge in [-0.3, -0.25) is 9.59 Å². The highest BCUT2D eigenvalue weighted by atomic mass is 32.1. The van der Waals surface area contributed by atoms with Crippen molar-refractivity contribution in [1.82, 2.24) is 10.2 Å². The van der Waals surface area contributed by atoms with Gasteiger partial charge in [0.05, 0.1) is 30.2 Å². The molecule has 8 heteroatoms. The number of ether oxygens (including phenoxy) is 1. The van der Waals surface area contributed by atoms with E-state index in [2.05, 4.69) is 53.2 Å². The quantitative estimate of drug-likeness (QED) is 0.380. The van der Waals surface area contributed by atoms with Crippen LogP contribution in [0.5, 0.6) is 0 Å². The van der Waals surface area contributed by atoms with Crippen LogP contribution in [0.25, 0.3) is 0 Å². The van der Waals surface area contributed by atoms with Gasteiger partial charge in [0.15, 0.2) is 5.11 Å². The molecule has 2 aromatic rings. The van der Waals surface area contributed by atoms with Crippen molar-refractivity contribution < 1.29 is 14.3 Å². The molecule has 0 radical (unpaired) electrons. The summed E-state index contributed by atoms with van der Waals surface area (Å²) < 4.78 is 6.29. The number of imide groups is 1. The summed E-state index contributed by atoms with van der Waals surface area (Å²) in [6.07, 6.45) is 3.50. The Morgan fingerprint density at radius 3 is 2.57 bits per heavy atom. The number of fused-ring (bicyclic) bond motifs is 5. The van der Waals surface area contributed by atoms with Gasteiger partial charge in [-0.2, -0.15) is 0 Å². The zero-order valence-electron chi connectivity index (χ0n) is 21.4.